The van der Waals surface area contributed by atoms with E-state index >= 15 is 0 Å². The number of carbonyl (C=O) groups excluding carboxylic acids is 1. The zero-order valence-corrected chi connectivity index (χ0v) is 7.32. The Bertz CT molecular complexity index is 203. The summed E-state index contributed by atoms with van der Waals surface area (Å²) in [6, 6.07) is 0.0659. The van der Waals surface area contributed by atoms with Gasteiger partial charge < -0.3 is 10.5 Å². The Morgan fingerprint density at radius 3 is 2.58 bits per heavy atom. The molecule has 2 fully saturated rings. The maximum absolute atomic E-state index is 11.3. The van der Waals surface area contributed by atoms with Crippen LogP contribution in [0.5, 0.6) is 0 Å². The van der Waals surface area contributed by atoms with Gasteiger partial charge in [-0.3, -0.25) is 4.79 Å². The summed E-state index contributed by atoms with van der Waals surface area (Å²) in [5, 5.41) is 0. The molecule has 68 valence electrons. The second-order valence-electron chi connectivity index (χ2n) is 3.96. The average molecular weight is 169 g/mol. The van der Waals surface area contributed by atoms with Gasteiger partial charge in [-0.15, -0.1) is 0 Å². The third-order valence-electron chi connectivity index (χ3n) is 3.45. The van der Waals surface area contributed by atoms with Crippen LogP contribution in [0.25, 0.3) is 0 Å². The van der Waals surface area contributed by atoms with Crippen molar-refractivity contribution in [1.29, 1.82) is 0 Å². The van der Waals surface area contributed by atoms with Crippen LogP contribution < -0.4 is 5.73 Å². The van der Waals surface area contributed by atoms with Crippen molar-refractivity contribution in [3.63, 3.8) is 0 Å². The van der Waals surface area contributed by atoms with E-state index in [4.69, 9.17) is 10.5 Å². The molecular weight excluding hydrogens is 154 g/mol. The highest BCUT2D eigenvalue weighted by Gasteiger charge is 2.49. The minimum absolute atomic E-state index is 0.00579. The number of carbonyl (C=O) groups is 1. The first kappa shape index (κ1) is 8.05. The lowest BCUT2D eigenvalue weighted by molar-refractivity contribution is -0.147. The Hall–Kier alpha value is -0.570. The lowest BCUT2D eigenvalue weighted by atomic mass is 9.85. The van der Waals surface area contributed by atoms with Crippen LogP contribution in [0, 0.1) is 17.8 Å². The van der Waals surface area contributed by atoms with Crippen molar-refractivity contribution in [3.05, 3.63) is 0 Å². The molecule has 0 aromatic rings. The van der Waals surface area contributed by atoms with Gasteiger partial charge in [-0.1, -0.05) is 0 Å². The molecule has 3 nitrogen and oxygen atoms in total. The molecule has 0 aliphatic heterocycles. The van der Waals surface area contributed by atoms with Crippen LogP contribution in [0.1, 0.15) is 19.3 Å². The SMILES string of the molecule is COC(=O)[C@H]1[C@H]2CC[C@@H](C2)[C@H]1N. The lowest BCUT2D eigenvalue weighted by Gasteiger charge is -2.25. The molecule has 2 bridgehead atoms. The largest absolute Gasteiger partial charge is 0.469 e. The molecule has 3 heteroatoms. The number of methoxy groups -OCH3 is 1. The van der Waals surface area contributed by atoms with Crippen LogP contribution in [-0.2, 0) is 9.53 Å². The Morgan fingerprint density at radius 1 is 1.42 bits per heavy atom. The maximum Gasteiger partial charge on any atom is 0.310 e. The van der Waals surface area contributed by atoms with Gasteiger partial charge in [0.25, 0.3) is 0 Å². The molecule has 0 amide bonds. The summed E-state index contributed by atoms with van der Waals surface area (Å²) in [5.41, 5.74) is 5.94. The first-order chi connectivity index (χ1) is 5.74. The predicted molar refractivity (Wildman–Crippen MR) is 44.3 cm³/mol. The smallest absolute Gasteiger partial charge is 0.310 e. The van der Waals surface area contributed by atoms with Crippen molar-refractivity contribution in [2.45, 2.75) is 25.3 Å². The van der Waals surface area contributed by atoms with Crippen molar-refractivity contribution < 1.29 is 9.53 Å². The van der Waals surface area contributed by atoms with Gasteiger partial charge in [-0.25, -0.2) is 0 Å². The van der Waals surface area contributed by atoms with E-state index in [1.165, 1.54) is 13.5 Å². The topological polar surface area (TPSA) is 52.3 Å². The van der Waals surface area contributed by atoms with E-state index in [9.17, 15) is 4.79 Å². The zero-order valence-electron chi connectivity index (χ0n) is 7.32. The van der Waals surface area contributed by atoms with Gasteiger partial charge in [0, 0.05) is 6.04 Å². The quantitative estimate of drug-likeness (QED) is 0.583. The van der Waals surface area contributed by atoms with Gasteiger partial charge in [-0.05, 0) is 31.1 Å². The second kappa shape index (κ2) is 2.73. The Morgan fingerprint density at radius 2 is 2.08 bits per heavy atom. The molecule has 4 atom stereocenters. The predicted octanol–water partition coefficient (Wildman–Crippen LogP) is 0.533. The summed E-state index contributed by atoms with van der Waals surface area (Å²) in [7, 11) is 1.45. The van der Waals surface area contributed by atoms with Gasteiger partial charge in [0.15, 0.2) is 0 Å². The number of hydrogen-bond acceptors (Lipinski definition) is 3. The maximum atomic E-state index is 11.3. The third kappa shape index (κ3) is 0.959. The Labute approximate surface area is 72.3 Å². The molecule has 0 aromatic heterocycles. The molecule has 2 aliphatic rings. The molecule has 0 heterocycles. The number of hydrogen-bond donors (Lipinski definition) is 1. The fourth-order valence-corrected chi connectivity index (χ4v) is 2.82. The number of nitrogens with two attached hydrogens (primary N) is 1. The highest BCUT2D eigenvalue weighted by Crippen LogP contribution is 2.47. The molecular formula is C9H15NO2. The van der Waals surface area contributed by atoms with E-state index in [-0.39, 0.29) is 17.9 Å². The standard InChI is InChI=1S/C9H15NO2/c1-12-9(11)7-5-2-3-6(4-5)8(7)10/h5-8H,2-4,10H2,1H3/t5-,6-,7-,8+/m0/s1. The van der Waals surface area contributed by atoms with Crippen molar-refractivity contribution in [2.75, 3.05) is 7.11 Å². The van der Waals surface area contributed by atoms with E-state index < -0.39 is 0 Å². The van der Waals surface area contributed by atoms with Gasteiger partial charge in [0.05, 0.1) is 13.0 Å². The van der Waals surface area contributed by atoms with Crippen LogP contribution in [0.2, 0.25) is 0 Å². The van der Waals surface area contributed by atoms with E-state index in [0.717, 1.165) is 12.8 Å². The van der Waals surface area contributed by atoms with Crippen molar-refractivity contribution in [1.82, 2.24) is 0 Å². The van der Waals surface area contributed by atoms with Crippen LogP contribution in [0.15, 0.2) is 0 Å². The second-order valence-corrected chi connectivity index (χ2v) is 3.96. The molecule has 2 saturated carbocycles. The van der Waals surface area contributed by atoms with Crippen molar-refractivity contribution in [3.8, 4) is 0 Å². The van der Waals surface area contributed by atoms with Crippen LogP contribution >= 0.6 is 0 Å². The highest BCUT2D eigenvalue weighted by molar-refractivity contribution is 5.74. The number of esters is 1. The summed E-state index contributed by atoms with van der Waals surface area (Å²) >= 11 is 0. The Kier molecular flexibility index (Phi) is 1.83. The fourth-order valence-electron chi connectivity index (χ4n) is 2.82. The first-order valence-electron chi connectivity index (χ1n) is 4.57. The molecule has 0 spiro atoms. The normalized spacial score (nSPS) is 44.8. The summed E-state index contributed by atoms with van der Waals surface area (Å²) < 4.78 is 4.74. The highest BCUT2D eigenvalue weighted by atomic mass is 16.5. The molecule has 12 heavy (non-hydrogen) atoms. The van der Waals surface area contributed by atoms with Gasteiger partial charge >= 0.3 is 5.97 Å². The van der Waals surface area contributed by atoms with Gasteiger partial charge in [-0.2, -0.15) is 0 Å². The van der Waals surface area contributed by atoms with Crippen LogP contribution in [-0.4, -0.2) is 19.1 Å². The first-order valence-corrected chi connectivity index (χ1v) is 4.57. The molecule has 0 aromatic carbocycles. The van der Waals surface area contributed by atoms with Crippen molar-refractivity contribution in [2.24, 2.45) is 23.5 Å². The van der Waals surface area contributed by atoms with E-state index in [0.29, 0.717) is 11.8 Å². The summed E-state index contributed by atoms with van der Waals surface area (Å²) in [4.78, 5) is 11.3. The minimum atomic E-state index is -0.102. The van der Waals surface area contributed by atoms with E-state index in [2.05, 4.69) is 0 Å². The lowest BCUT2D eigenvalue weighted by Crippen LogP contribution is -2.40. The minimum Gasteiger partial charge on any atom is -0.469 e. The average Bonchev–Trinajstić information content (AvgIpc) is 2.63. The summed E-state index contributed by atoms with van der Waals surface area (Å²) in [6.45, 7) is 0. The fraction of sp³-hybridized carbons (Fsp3) is 0.889. The summed E-state index contributed by atoms with van der Waals surface area (Å²) in [6.07, 6.45) is 3.51. The zero-order chi connectivity index (χ0) is 8.72. The molecule has 2 rings (SSSR count). The molecule has 2 aliphatic carbocycles. The Balaban J connectivity index is 2.12. The van der Waals surface area contributed by atoms with Crippen LogP contribution in [0.4, 0.5) is 0 Å². The van der Waals surface area contributed by atoms with Crippen molar-refractivity contribution >= 4 is 5.97 Å². The van der Waals surface area contributed by atoms with E-state index in [1.54, 1.807) is 0 Å². The van der Waals surface area contributed by atoms with Gasteiger partial charge in [0.1, 0.15) is 0 Å². The molecule has 2 N–H and O–H groups in total. The molecule has 0 saturated heterocycles. The van der Waals surface area contributed by atoms with E-state index in [1.807, 2.05) is 0 Å². The third-order valence-corrected chi connectivity index (χ3v) is 3.45. The summed E-state index contributed by atoms with van der Waals surface area (Å²) in [5.74, 6) is 0.986. The number of ether oxygens (including phenoxy) is 1. The monoisotopic (exact) mass is 169 g/mol. The van der Waals surface area contributed by atoms with Gasteiger partial charge in [0.2, 0.25) is 0 Å². The molecule has 0 unspecified atom stereocenters. The molecule has 0 radical (unpaired) electrons. The number of fused-ring (bicyclic) bond motifs is 2. The number of rotatable bonds is 1. The van der Waals surface area contributed by atoms with Crippen LogP contribution in [0.3, 0.4) is 0 Å².